The second-order valence-electron chi connectivity index (χ2n) is 0.0833. The van der Waals surface area contributed by atoms with Gasteiger partial charge in [-0.15, -0.1) is 0 Å². The molecule has 0 amide bonds. The fourth-order valence-corrected chi connectivity index (χ4v) is 0. The molecule has 0 bridgehead atoms. The summed E-state index contributed by atoms with van der Waals surface area (Å²) >= 11 is 3.01. The van der Waals surface area contributed by atoms with Gasteiger partial charge in [-0.3, -0.25) is 0 Å². The minimum absolute atomic E-state index is 0. The monoisotopic (exact) mass is 131 g/mol. The van der Waals surface area contributed by atoms with E-state index in [9.17, 15) is 0 Å². The summed E-state index contributed by atoms with van der Waals surface area (Å²) in [5.74, 6) is 0. The average molecular weight is 131 g/mol. The molecule has 0 unspecified atom stereocenters. The normalized spacial score (nSPS) is 3.25. The van der Waals surface area contributed by atoms with Gasteiger partial charge >= 0.3 is 27.8 Å². The predicted octanol–water partition coefficient (Wildman–Crippen LogP) is -1.95. The van der Waals surface area contributed by atoms with Crippen LogP contribution in [0.4, 0.5) is 0 Å². The molecule has 0 rings (SSSR count). The summed E-state index contributed by atoms with van der Waals surface area (Å²) in [6.07, 6.45) is 0. The van der Waals surface area contributed by atoms with Crippen LogP contribution in [0.1, 0.15) is 0 Å². The largest absolute Gasteiger partial charge is 0.187 e. The van der Waals surface area contributed by atoms with E-state index in [1.807, 2.05) is 0 Å². The minimum Gasteiger partial charge on any atom is 0.187 e. The Morgan fingerprint density at radius 2 is 1.75 bits per heavy atom. The van der Waals surface area contributed by atoms with Gasteiger partial charge in [0.2, 0.25) is 0 Å². The summed E-state index contributed by atoms with van der Waals surface area (Å²) in [5.41, 5.74) is 0. The summed E-state index contributed by atoms with van der Waals surface area (Å²) in [6, 6.07) is 0. The molecule has 0 fully saturated rings. The van der Waals surface area contributed by atoms with E-state index in [4.69, 9.17) is 4.46 Å². The van der Waals surface area contributed by atoms with Crippen molar-refractivity contribution in [3.8, 4) is 0 Å². The fraction of sp³-hybridized carbons (Fsp3) is 0. The van der Waals surface area contributed by atoms with Crippen molar-refractivity contribution in [2.24, 2.45) is 0 Å². The van der Waals surface area contributed by atoms with Crippen LogP contribution in [0.15, 0.2) is 0 Å². The molecule has 0 atom stereocenters. The van der Waals surface area contributed by atoms with Crippen LogP contribution < -0.4 is 0 Å². The van der Waals surface area contributed by atoms with Crippen molar-refractivity contribution < 1.29 is 19.8 Å². The zero-order valence-corrected chi connectivity index (χ0v) is 3.60. The van der Waals surface area contributed by atoms with E-state index in [2.05, 4.69) is 15.4 Å². The van der Waals surface area contributed by atoms with Gasteiger partial charge < -0.3 is 0 Å². The molecular weight excluding hydrogens is 127 g/mol. The molecular formula is H4AlFeOSi. The van der Waals surface area contributed by atoms with Crippen LogP contribution in [0.3, 0.4) is 0 Å². The maximum Gasteiger partial charge on any atom is 0.187 e. The summed E-state index contributed by atoms with van der Waals surface area (Å²) in [5, 5.41) is 0. The molecule has 0 heterocycles. The molecule has 1 nitrogen and oxygen atoms in total. The van der Waals surface area contributed by atoms with Crippen LogP contribution in [0.25, 0.3) is 0 Å². The van der Waals surface area contributed by atoms with E-state index in [-0.39, 0.29) is 17.4 Å². The maximum absolute atomic E-state index is 8.90. The second kappa shape index (κ2) is 8.95. The molecule has 0 aromatic carbocycles. The summed E-state index contributed by atoms with van der Waals surface area (Å²) in [6.45, 7) is 0. The molecule has 25 valence electrons. The van der Waals surface area contributed by atoms with E-state index in [1.54, 1.807) is 0 Å². The first-order valence-corrected chi connectivity index (χ1v) is 3.23. The van der Waals surface area contributed by atoms with Crippen molar-refractivity contribution in [3.63, 3.8) is 0 Å². The van der Waals surface area contributed by atoms with Crippen molar-refractivity contribution in [2.45, 2.75) is 0 Å². The topological polar surface area (TPSA) is 17.1 Å². The molecule has 0 aliphatic carbocycles. The molecule has 0 saturated heterocycles. The van der Waals surface area contributed by atoms with Gasteiger partial charge in [-0.05, 0) is 0 Å². The molecule has 0 N–H and O–H groups in total. The average Bonchev–Trinajstić information content (AvgIpc) is 0.918. The van der Waals surface area contributed by atoms with Gasteiger partial charge in [0.05, 0.1) is 0 Å². The third kappa shape index (κ3) is 11.5. The quantitative estimate of drug-likeness (QED) is 0.349. The van der Waals surface area contributed by atoms with Gasteiger partial charge in [0.25, 0.3) is 0 Å². The standard InChI is InChI=1S/Al.Fe.HOSi.3H/c;;1-2;;;/h;;2H;;;. The van der Waals surface area contributed by atoms with Gasteiger partial charge in [-0.25, -0.2) is 0 Å². The Morgan fingerprint density at radius 3 is 1.75 bits per heavy atom. The van der Waals surface area contributed by atoms with Crippen molar-refractivity contribution in [3.05, 3.63) is 0 Å². The molecule has 4 heavy (non-hydrogen) atoms. The summed E-state index contributed by atoms with van der Waals surface area (Å²) in [7, 11) is -0.750. The van der Waals surface area contributed by atoms with E-state index in [0.29, 0.717) is 0 Å². The Kier molecular flexibility index (Phi) is 19.9. The Balaban J connectivity index is 0. The predicted molar refractivity (Wildman–Crippen MR) is 17.8 cm³/mol. The molecule has 0 aromatic heterocycles. The molecule has 0 radical (unpaired) electrons. The Morgan fingerprint density at radius 1 is 1.75 bits per heavy atom. The van der Waals surface area contributed by atoms with Crippen molar-refractivity contribution in [1.82, 2.24) is 0 Å². The zero-order chi connectivity index (χ0) is 2.71. The molecule has 0 aliphatic heterocycles. The molecule has 0 aromatic rings. The number of hydrogen-bond donors (Lipinski definition) is 0. The van der Waals surface area contributed by atoms with Crippen LogP contribution in [0, 0.1) is 0 Å². The van der Waals surface area contributed by atoms with Crippen molar-refractivity contribution in [2.75, 3.05) is 0 Å². The van der Waals surface area contributed by atoms with Crippen LogP contribution in [0.2, 0.25) is 0 Å². The summed E-state index contributed by atoms with van der Waals surface area (Å²) in [4.78, 5) is 0. The molecule has 0 aliphatic rings. The van der Waals surface area contributed by atoms with Gasteiger partial charge in [-0.2, -0.15) is 0 Å². The molecule has 0 saturated carbocycles. The third-order valence-corrected chi connectivity index (χ3v) is 0. The number of rotatable bonds is 0. The van der Waals surface area contributed by atoms with Crippen LogP contribution in [-0.4, -0.2) is 25.4 Å². The first-order valence-electron chi connectivity index (χ1n) is 0.440. The van der Waals surface area contributed by atoms with E-state index in [0.717, 1.165) is 0 Å². The third-order valence-electron chi connectivity index (χ3n) is 0. The maximum atomic E-state index is 8.90. The SMILES string of the molecule is O=[SiH][Fe].[AlH3]. The smallest absolute Gasteiger partial charge is 0.187 e. The van der Waals surface area contributed by atoms with E-state index in [1.165, 1.54) is 0 Å². The fourth-order valence-electron chi connectivity index (χ4n) is 0. The first kappa shape index (κ1) is 8.91. The van der Waals surface area contributed by atoms with Crippen LogP contribution >= 0.6 is 0 Å². The van der Waals surface area contributed by atoms with E-state index < -0.39 is 8.01 Å². The zero-order valence-electron chi connectivity index (χ0n) is 1.34. The number of hydrogen-bond acceptors (Lipinski definition) is 1. The summed E-state index contributed by atoms with van der Waals surface area (Å²) < 4.78 is 8.90. The van der Waals surface area contributed by atoms with Crippen molar-refractivity contribution >= 4 is 25.4 Å². The van der Waals surface area contributed by atoms with Gasteiger partial charge in [0.15, 0.2) is 17.4 Å². The van der Waals surface area contributed by atoms with Crippen LogP contribution in [0.5, 0.6) is 0 Å². The Bertz CT molecular complexity index is 15.5. The second-order valence-corrected chi connectivity index (χ2v) is 1.03. The Labute approximate surface area is 45.4 Å². The Hall–Kier alpha value is 1.07. The van der Waals surface area contributed by atoms with Crippen molar-refractivity contribution in [1.29, 1.82) is 0 Å². The van der Waals surface area contributed by atoms with Crippen LogP contribution in [-0.2, 0) is 19.8 Å². The van der Waals surface area contributed by atoms with Gasteiger partial charge in [0.1, 0.15) is 0 Å². The minimum atomic E-state index is -0.750. The van der Waals surface area contributed by atoms with E-state index >= 15 is 0 Å². The first-order chi connectivity index (χ1) is 1.41. The molecule has 0 spiro atoms. The van der Waals surface area contributed by atoms with Gasteiger partial charge in [0, 0.05) is 0 Å². The van der Waals surface area contributed by atoms with Gasteiger partial charge in [-0.1, -0.05) is 0 Å². The molecule has 4 heteroatoms.